The molecule has 0 spiro atoms. The molecule has 3 N–H and O–H groups in total. The number of nitrogen functional groups attached to an aromatic ring is 1. The van der Waals surface area contributed by atoms with Crippen LogP contribution in [0.1, 0.15) is 11.1 Å². The van der Waals surface area contributed by atoms with Crippen LogP contribution in [0.2, 0.25) is 0 Å². The molecule has 0 saturated heterocycles. The molecule has 0 radical (unpaired) electrons. The van der Waals surface area contributed by atoms with Crippen LogP contribution in [0.15, 0.2) is 43.6 Å². The first-order valence-electron chi connectivity index (χ1n) is 7.07. The summed E-state index contributed by atoms with van der Waals surface area (Å²) in [5, 5.41) is 1.33. The number of benzene rings is 1. The lowest BCUT2D eigenvalue weighted by Gasteiger charge is -2.33. The van der Waals surface area contributed by atoms with Gasteiger partial charge in [-0.2, -0.15) is 0 Å². The van der Waals surface area contributed by atoms with Crippen LogP contribution in [0, 0.1) is 0 Å². The van der Waals surface area contributed by atoms with Crippen LogP contribution in [0.25, 0.3) is 10.9 Å². The summed E-state index contributed by atoms with van der Waals surface area (Å²) in [5.74, 6) is 0. The predicted octanol–water partition coefficient (Wildman–Crippen LogP) is 2.89. The van der Waals surface area contributed by atoms with E-state index in [0.29, 0.717) is 6.04 Å². The lowest BCUT2D eigenvalue weighted by Crippen LogP contribution is -2.40. The van der Waals surface area contributed by atoms with Crippen molar-refractivity contribution >= 4 is 16.6 Å². The number of hydrogen-bond acceptors (Lipinski definition) is 2. The van der Waals surface area contributed by atoms with Crippen molar-refractivity contribution in [1.29, 1.82) is 0 Å². The van der Waals surface area contributed by atoms with E-state index in [-0.39, 0.29) is 0 Å². The van der Waals surface area contributed by atoms with Gasteiger partial charge in [-0.1, -0.05) is 12.2 Å². The van der Waals surface area contributed by atoms with Crippen molar-refractivity contribution in [3.05, 3.63) is 54.8 Å². The highest BCUT2D eigenvalue weighted by atomic mass is 15.1. The Balaban J connectivity index is 1.99. The number of hydrogen-bond donors (Lipinski definition) is 2. The van der Waals surface area contributed by atoms with Crippen LogP contribution in [-0.4, -0.2) is 29.0 Å². The fourth-order valence-electron chi connectivity index (χ4n) is 3.29. The first kappa shape index (κ1) is 13.0. The lowest BCUT2D eigenvalue weighted by molar-refractivity contribution is 0.235. The fourth-order valence-corrected chi connectivity index (χ4v) is 3.29. The average Bonchev–Trinajstić information content (AvgIpc) is 2.86. The molecule has 0 fully saturated rings. The Kier molecular flexibility index (Phi) is 3.36. The summed E-state index contributed by atoms with van der Waals surface area (Å²) in [7, 11) is 0. The van der Waals surface area contributed by atoms with Crippen molar-refractivity contribution in [1.82, 2.24) is 9.88 Å². The van der Waals surface area contributed by atoms with Crippen LogP contribution >= 0.6 is 0 Å². The van der Waals surface area contributed by atoms with Gasteiger partial charge in [-0.25, -0.2) is 0 Å². The van der Waals surface area contributed by atoms with Crippen molar-refractivity contribution in [2.24, 2.45) is 0 Å². The van der Waals surface area contributed by atoms with E-state index in [4.69, 9.17) is 5.73 Å². The van der Waals surface area contributed by atoms with Crippen LogP contribution < -0.4 is 5.73 Å². The molecule has 1 atom stereocenters. The molecule has 1 unspecified atom stereocenters. The van der Waals surface area contributed by atoms with Gasteiger partial charge in [0.15, 0.2) is 0 Å². The van der Waals surface area contributed by atoms with E-state index in [0.717, 1.165) is 31.6 Å². The Morgan fingerprint density at radius 2 is 2.00 bits per heavy atom. The maximum Gasteiger partial charge on any atom is 0.0461 e. The standard InChI is InChI=1S/C17H21N3/c1-3-7-20(8-4-2)13-9-12-11-19-16-6-5-15(18)14(10-13)17(12)16/h3-6,11,13,19H,1-2,7-10,18H2. The van der Waals surface area contributed by atoms with E-state index in [9.17, 15) is 0 Å². The summed E-state index contributed by atoms with van der Waals surface area (Å²) in [6.45, 7) is 9.49. The summed E-state index contributed by atoms with van der Waals surface area (Å²) < 4.78 is 0. The number of nitrogens with zero attached hydrogens (tertiary/aromatic N) is 1. The maximum absolute atomic E-state index is 6.20. The van der Waals surface area contributed by atoms with Gasteiger partial charge in [-0.15, -0.1) is 13.2 Å². The van der Waals surface area contributed by atoms with Gasteiger partial charge in [-0.3, -0.25) is 4.90 Å². The minimum Gasteiger partial charge on any atom is -0.398 e. The van der Waals surface area contributed by atoms with Gasteiger partial charge in [-0.05, 0) is 36.1 Å². The quantitative estimate of drug-likeness (QED) is 0.646. The minimum absolute atomic E-state index is 0.460. The summed E-state index contributed by atoms with van der Waals surface area (Å²) >= 11 is 0. The van der Waals surface area contributed by atoms with Crippen molar-refractivity contribution < 1.29 is 0 Å². The Bertz CT molecular complexity index is 644. The van der Waals surface area contributed by atoms with Gasteiger partial charge in [0.25, 0.3) is 0 Å². The number of rotatable bonds is 5. The zero-order valence-corrected chi connectivity index (χ0v) is 11.7. The molecule has 0 aliphatic heterocycles. The predicted molar refractivity (Wildman–Crippen MR) is 85.9 cm³/mol. The average molecular weight is 267 g/mol. The highest BCUT2D eigenvalue weighted by Crippen LogP contribution is 2.34. The number of nitrogens with two attached hydrogens (primary N) is 1. The van der Waals surface area contributed by atoms with E-state index in [1.54, 1.807) is 0 Å². The smallest absolute Gasteiger partial charge is 0.0461 e. The van der Waals surface area contributed by atoms with Gasteiger partial charge in [0, 0.05) is 41.9 Å². The molecule has 2 aromatic rings. The van der Waals surface area contributed by atoms with Crippen LogP contribution in [0.3, 0.4) is 0 Å². The Hall–Kier alpha value is -2.00. The molecule has 3 heteroatoms. The molecule has 0 saturated carbocycles. The third kappa shape index (κ3) is 2.04. The molecule has 1 aliphatic rings. The van der Waals surface area contributed by atoms with Gasteiger partial charge in [0.2, 0.25) is 0 Å². The first-order chi connectivity index (χ1) is 9.74. The Morgan fingerprint density at radius 3 is 2.70 bits per heavy atom. The van der Waals surface area contributed by atoms with Crippen molar-refractivity contribution in [2.45, 2.75) is 18.9 Å². The molecule has 0 amide bonds. The highest BCUT2D eigenvalue weighted by molar-refractivity contribution is 5.91. The SMILES string of the molecule is C=CCN(CC=C)C1Cc2c[nH]c3ccc(N)c(c23)C1. The monoisotopic (exact) mass is 267 g/mol. The number of aromatic nitrogens is 1. The number of aromatic amines is 1. The van der Waals surface area contributed by atoms with E-state index in [1.807, 2.05) is 18.2 Å². The largest absolute Gasteiger partial charge is 0.398 e. The summed E-state index contributed by atoms with van der Waals surface area (Å²) in [5.41, 5.74) is 11.0. The molecule has 1 aromatic heterocycles. The van der Waals surface area contributed by atoms with Crippen molar-refractivity contribution in [3.8, 4) is 0 Å². The van der Waals surface area contributed by atoms with E-state index < -0.39 is 0 Å². The molecule has 1 aliphatic carbocycles. The molecular formula is C17H21N3. The van der Waals surface area contributed by atoms with E-state index >= 15 is 0 Å². The lowest BCUT2D eigenvalue weighted by atomic mass is 9.87. The number of anilines is 1. The summed E-state index contributed by atoms with van der Waals surface area (Å²) in [4.78, 5) is 5.77. The molecule has 104 valence electrons. The second kappa shape index (κ2) is 5.17. The van der Waals surface area contributed by atoms with Crippen molar-refractivity contribution in [2.75, 3.05) is 18.8 Å². The second-order valence-corrected chi connectivity index (χ2v) is 5.46. The van der Waals surface area contributed by atoms with Crippen LogP contribution in [-0.2, 0) is 12.8 Å². The molecular weight excluding hydrogens is 246 g/mol. The topological polar surface area (TPSA) is 45.0 Å². The summed E-state index contributed by atoms with van der Waals surface area (Å²) in [6.07, 6.45) is 8.09. The zero-order valence-electron chi connectivity index (χ0n) is 11.7. The minimum atomic E-state index is 0.460. The van der Waals surface area contributed by atoms with Crippen LogP contribution in [0.5, 0.6) is 0 Å². The third-order valence-corrected chi connectivity index (χ3v) is 4.21. The van der Waals surface area contributed by atoms with Crippen molar-refractivity contribution in [3.63, 3.8) is 0 Å². The molecule has 3 nitrogen and oxygen atoms in total. The van der Waals surface area contributed by atoms with Gasteiger partial charge < -0.3 is 10.7 Å². The maximum atomic E-state index is 6.20. The fraction of sp³-hybridized carbons (Fsp3) is 0.294. The molecule has 3 rings (SSSR count). The first-order valence-corrected chi connectivity index (χ1v) is 7.07. The third-order valence-electron chi connectivity index (χ3n) is 4.21. The molecule has 1 heterocycles. The van der Waals surface area contributed by atoms with E-state index in [2.05, 4.69) is 35.3 Å². The second-order valence-electron chi connectivity index (χ2n) is 5.46. The Labute approximate surface area is 119 Å². The van der Waals surface area contributed by atoms with Gasteiger partial charge in [0.1, 0.15) is 0 Å². The molecule has 0 bridgehead atoms. The Morgan fingerprint density at radius 1 is 1.25 bits per heavy atom. The van der Waals surface area contributed by atoms with Gasteiger partial charge in [0.05, 0.1) is 0 Å². The molecule has 1 aromatic carbocycles. The summed E-state index contributed by atoms with van der Waals surface area (Å²) in [6, 6.07) is 4.54. The van der Waals surface area contributed by atoms with E-state index in [1.165, 1.54) is 22.0 Å². The normalized spacial score (nSPS) is 17.6. The van der Waals surface area contributed by atoms with Crippen LogP contribution in [0.4, 0.5) is 5.69 Å². The van der Waals surface area contributed by atoms with Gasteiger partial charge >= 0.3 is 0 Å². The zero-order chi connectivity index (χ0) is 14.1. The number of nitrogens with one attached hydrogen (secondary N) is 1. The highest BCUT2D eigenvalue weighted by Gasteiger charge is 2.26. The molecule has 20 heavy (non-hydrogen) atoms. The number of H-pyrrole nitrogens is 1.